The number of benzene rings is 1. The molecule has 6 heteroatoms. The van der Waals surface area contributed by atoms with Crippen LogP contribution in [0.4, 0.5) is 4.39 Å². The molecule has 0 aliphatic carbocycles. The Bertz CT molecular complexity index is 964. The number of rotatable bonds is 7. The quantitative estimate of drug-likeness (QED) is 0.650. The van der Waals surface area contributed by atoms with Gasteiger partial charge < -0.3 is 9.88 Å². The Morgan fingerprint density at radius 2 is 1.96 bits per heavy atom. The van der Waals surface area contributed by atoms with Crippen molar-refractivity contribution in [3.8, 4) is 0 Å². The van der Waals surface area contributed by atoms with E-state index in [1.165, 1.54) is 12.1 Å². The van der Waals surface area contributed by atoms with Crippen LogP contribution in [0.2, 0.25) is 0 Å². The number of amides is 1. The number of nitrogens with one attached hydrogen (secondary N) is 1. The van der Waals surface area contributed by atoms with Gasteiger partial charge in [0.2, 0.25) is 5.91 Å². The minimum Gasteiger partial charge on any atom is -0.346 e. The van der Waals surface area contributed by atoms with Gasteiger partial charge in [0.15, 0.2) is 5.65 Å². The molecule has 0 fully saturated rings. The zero-order valence-corrected chi connectivity index (χ0v) is 16.8. The Kier molecular flexibility index (Phi) is 6.07. The van der Waals surface area contributed by atoms with Crippen molar-refractivity contribution < 1.29 is 9.18 Å². The molecule has 148 valence electrons. The summed E-state index contributed by atoms with van der Waals surface area (Å²) in [5.41, 5.74) is 2.29. The number of pyridine rings is 1. The van der Waals surface area contributed by atoms with Gasteiger partial charge in [-0.25, -0.2) is 14.4 Å². The molecule has 0 saturated carbocycles. The maximum absolute atomic E-state index is 13.4. The van der Waals surface area contributed by atoms with Crippen molar-refractivity contribution in [2.75, 3.05) is 0 Å². The Morgan fingerprint density at radius 3 is 2.64 bits per heavy atom. The van der Waals surface area contributed by atoms with Gasteiger partial charge in [0.05, 0.1) is 12.5 Å². The van der Waals surface area contributed by atoms with Gasteiger partial charge in [-0.2, -0.15) is 0 Å². The van der Waals surface area contributed by atoms with E-state index < -0.39 is 0 Å². The van der Waals surface area contributed by atoms with Crippen LogP contribution >= 0.6 is 0 Å². The van der Waals surface area contributed by atoms with E-state index in [1.54, 1.807) is 18.3 Å². The number of nitrogens with zero attached hydrogens (tertiary/aromatic N) is 3. The Labute approximate surface area is 165 Å². The number of carbonyl (C=O) groups is 1. The first-order valence-electron chi connectivity index (χ1n) is 9.71. The summed E-state index contributed by atoms with van der Waals surface area (Å²) in [6.45, 7) is 8.40. The summed E-state index contributed by atoms with van der Waals surface area (Å²) < 4.78 is 15.5. The molecule has 0 saturated heterocycles. The molecule has 2 heterocycles. The molecule has 0 aliphatic rings. The third kappa shape index (κ3) is 4.55. The van der Waals surface area contributed by atoms with Crippen molar-refractivity contribution in [3.63, 3.8) is 0 Å². The van der Waals surface area contributed by atoms with Crippen LogP contribution in [0, 0.1) is 11.7 Å². The molecule has 1 N–H and O–H groups in total. The van der Waals surface area contributed by atoms with Gasteiger partial charge in [-0.1, -0.05) is 26.0 Å². The second-order valence-corrected chi connectivity index (χ2v) is 7.84. The average molecular weight is 382 g/mol. The Hall–Kier alpha value is -2.76. The fourth-order valence-corrected chi connectivity index (χ4v) is 3.48. The van der Waals surface area contributed by atoms with E-state index in [2.05, 4.69) is 42.6 Å². The Morgan fingerprint density at radius 1 is 1.18 bits per heavy atom. The zero-order valence-electron chi connectivity index (χ0n) is 16.8. The lowest BCUT2D eigenvalue weighted by Crippen LogP contribution is -2.33. The number of carbonyl (C=O) groups excluding carboxylic acids is 1. The molecule has 0 spiro atoms. The summed E-state index contributed by atoms with van der Waals surface area (Å²) in [6, 6.07) is 9.86. The first-order chi connectivity index (χ1) is 13.3. The summed E-state index contributed by atoms with van der Waals surface area (Å²) in [5.74, 6) is 0.695. The molecule has 1 amide bonds. The molecule has 3 rings (SSSR count). The van der Waals surface area contributed by atoms with Gasteiger partial charge >= 0.3 is 0 Å². The standard InChI is InChI=1S/C22H27FN4O/c1-14(2)11-19(25-20(28)13-16-7-5-8-17(23)12-16)22-26-18-9-6-10-24-21(18)27(22)15(3)4/h5-10,12,14-15,19H,11,13H2,1-4H3,(H,25,28)/t19-/m0/s1. The van der Waals surface area contributed by atoms with Gasteiger partial charge in [0, 0.05) is 12.2 Å². The molecule has 0 bridgehead atoms. The van der Waals surface area contributed by atoms with E-state index in [0.717, 1.165) is 23.4 Å². The molecule has 0 aliphatic heterocycles. The average Bonchev–Trinajstić information content (AvgIpc) is 3.00. The molecule has 3 aromatic rings. The summed E-state index contributed by atoms with van der Waals surface area (Å²) in [4.78, 5) is 22.0. The highest BCUT2D eigenvalue weighted by molar-refractivity contribution is 5.79. The maximum atomic E-state index is 13.4. The minimum atomic E-state index is -0.336. The number of imidazole rings is 1. The van der Waals surface area contributed by atoms with Crippen molar-refractivity contribution in [3.05, 3.63) is 59.8 Å². The molecule has 2 aromatic heterocycles. The highest BCUT2D eigenvalue weighted by atomic mass is 19.1. The van der Waals surface area contributed by atoms with E-state index in [-0.39, 0.29) is 30.2 Å². The molecule has 1 aromatic carbocycles. The van der Waals surface area contributed by atoms with Crippen molar-refractivity contribution in [1.29, 1.82) is 0 Å². The summed E-state index contributed by atoms with van der Waals surface area (Å²) >= 11 is 0. The van der Waals surface area contributed by atoms with Crippen LogP contribution in [0.15, 0.2) is 42.6 Å². The molecule has 0 radical (unpaired) electrons. The second kappa shape index (κ2) is 8.50. The number of halogens is 1. The predicted molar refractivity (Wildman–Crippen MR) is 108 cm³/mol. The van der Waals surface area contributed by atoms with E-state index in [4.69, 9.17) is 4.98 Å². The topological polar surface area (TPSA) is 59.8 Å². The normalized spacial score (nSPS) is 12.7. The second-order valence-electron chi connectivity index (χ2n) is 7.84. The largest absolute Gasteiger partial charge is 0.346 e. The first kappa shape index (κ1) is 20.0. The summed E-state index contributed by atoms with van der Waals surface area (Å²) in [6.07, 6.45) is 2.64. The van der Waals surface area contributed by atoms with Crippen molar-refractivity contribution in [1.82, 2.24) is 19.9 Å². The number of aromatic nitrogens is 3. The predicted octanol–water partition coefficient (Wildman–Crippen LogP) is 4.60. The van der Waals surface area contributed by atoms with Crippen molar-refractivity contribution in [2.45, 2.75) is 52.6 Å². The smallest absolute Gasteiger partial charge is 0.225 e. The molecular weight excluding hydrogens is 355 g/mol. The first-order valence-corrected chi connectivity index (χ1v) is 9.71. The molecule has 1 atom stereocenters. The van der Waals surface area contributed by atoms with Crippen LogP contribution in [0.25, 0.3) is 11.2 Å². The van der Waals surface area contributed by atoms with Gasteiger partial charge in [-0.05, 0) is 56.0 Å². The van der Waals surface area contributed by atoms with Crippen LogP contribution in [-0.4, -0.2) is 20.4 Å². The van der Waals surface area contributed by atoms with Crippen LogP contribution in [0.3, 0.4) is 0 Å². The fourth-order valence-electron chi connectivity index (χ4n) is 3.48. The molecule has 5 nitrogen and oxygen atoms in total. The van der Waals surface area contributed by atoms with E-state index >= 15 is 0 Å². The highest BCUT2D eigenvalue weighted by Crippen LogP contribution is 2.27. The third-order valence-electron chi connectivity index (χ3n) is 4.60. The van der Waals surface area contributed by atoms with Crippen LogP contribution < -0.4 is 5.32 Å². The molecule has 0 unspecified atom stereocenters. The number of fused-ring (bicyclic) bond motifs is 1. The lowest BCUT2D eigenvalue weighted by atomic mass is 10.0. The Balaban J connectivity index is 1.91. The van der Waals surface area contributed by atoms with Gasteiger partial charge in [0.25, 0.3) is 0 Å². The molecule has 28 heavy (non-hydrogen) atoms. The highest BCUT2D eigenvalue weighted by Gasteiger charge is 2.25. The summed E-state index contributed by atoms with van der Waals surface area (Å²) in [7, 11) is 0. The zero-order chi connectivity index (χ0) is 20.3. The SMILES string of the molecule is CC(C)C[C@H](NC(=O)Cc1cccc(F)c1)c1nc2cccnc2n1C(C)C. The fraction of sp³-hybridized carbons (Fsp3) is 0.409. The molecular formula is C22H27FN4O. The van der Waals surface area contributed by atoms with Crippen LogP contribution in [0.1, 0.15) is 57.6 Å². The minimum absolute atomic E-state index is 0.131. The lowest BCUT2D eigenvalue weighted by Gasteiger charge is -2.23. The van der Waals surface area contributed by atoms with Crippen molar-refractivity contribution >= 4 is 17.1 Å². The van der Waals surface area contributed by atoms with Crippen LogP contribution in [-0.2, 0) is 11.2 Å². The van der Waals surface area contributed by atoms with E-state index in [9.17, 15) is 9.18 Å². The van der Waals surface area contributed by atoms with Gasteiger partial charge in [-0.3, -0.25) is 4.79 Å². The monoisotopic (exact) mass is 382 g/mol. The van der Waals surface area contributed by atoms with Crippen molar-refractivity contribution in [2.24, 2.45) is 5.92 Å². The van der Waals surface area contributed by atoms with Crippen LogP contribution in [0.5, 0.6) is 0 Å². The summed E-state index contributed by atoms with van der Waals surface area (Å²) in [5, 5.41) is 3.12. The van der Waals surface area contributed by atoms with Gasteiger partial charge in [-0.15, -0.1) is 0 Å². The van der Waals surface area contributed by atoms with E-state index in [0.29, 0.717) is 11.5 Å². The lowest BCUT2D eigenvalue weighted by molar-refractivity contribution is -0.121. The third-order valence-corrected chi connectivity index (χ3v) is 4.60. The van der Waals surface area contributed by atoms with Gasteiger partial charge in [0.1, 0.15) is 17.2 Å². The van der Waals surface area contributed by atoms with E-state index in [1.807, 2.05) is 12.1 Å². The maximum Gasteiger partial charge on any atom is 0.225 e. The number of hydrogen-bond donors (Lipinski definition) is 1. The number of hydrogen-bond acceptors (Lipinski definition) is 3.